The third-order valence-corrected chi connectivity index (χ3v) is 3.54. The van der Waals surface area contributed by atoms with E-state index in [4.69, 9.17) is 5.73 Å². The van der Waals surface area contributed by atoms with Crippen LogP contribution in [0.3, 0.4) is 0 Å². The van der Waals surface area contributed by atoms with Crippen molar-refractivity contribution in [2.75, 3.05) is 19.6 Å². The van der Waals surface area contributed by atoms with Crippen LogP contribution in [0.25, 0.3) is 0 Å². The highest BCUT2D eigenvalue weighted by molar-refractivity contribution is 5.72. The number of piperidine rings is 1. The normalized spacial score (nSPS) is 16.6. The molecule has 0 radical (unpaired) electrons. The first kappa shape index (κ1) is 13.8. The summed E-state index contributed by atoms with van der Waals surface area (Å²) in [6.07, 6.45) is 2.66. The topological polar surface area (TPSA) is 58.4 Å². The second-order valence-electron chi connectivity index (χ2n) is 4.93. The first-order chi connectivity index (χ1) is 9.15. The molecule has 0 atom stereocenters. The predicted octanol–water partition coefficient (Wildman–Crippen LogP) is 1.50. The van der Waals surface area contributed by atoms with Gasteiger partial charge in [0.15, 0.2) is 0 Å². The SMILES string of the molecule is NC(=O)N1CCC(NCCc2cccc(F)c2)CC1. The second-order valence-corrected chi connectivity index (χ2v) is 4.93. The third kappa shape index (κ3) is 4.21. The zero-order valence-electron chi connectivity index (χ0n) is 10.9. The van der Waals surface area contributed by atoms with E-state index in [-0.39, 0.29) is 11.8 Å². The molecule has 0 aliphatic carbocycles. The number of amides is 2. The molecular weight excluding hydrogens is 245 g/mol. The van der Waals surface area contributed by atoms with Crippen LogP contribution < -0.4 is 11.1 Å². The number of urea groups is 1. The molecular formula is C14H20FN3O. The second kappa shape index (κ2) is 6.52. The number of primary amides is 1. The summed E-state index contributed by atoms with van der Waals surface area (Å²) in [4.78, 5) is 12.7. The standard InChI is InChI=1S/C14H20FN3O/c15-12-3-1-2-11(10-12)4-7-17-13-5-8-18(9-6-13)14(16)19/h1-3,10,13,17H,4-9H2,(H2,16,19). The van der Waals surface area contributed by atoms with Gasteiger partial charge in [-0.25, -0.2) is 9.18 Å². The molecule has 0 spiro atoms. The van der Waals surface area contributed by atoms with Gasteiger partial charge in [0, 0.05) is 19.1 Å². The van der Waals surface area contributed by atoms with Gasteiger partial charge in [-0.3, -0.25) is 0 Å². The fourth-order valence-corrected chi connectivity index (χ4v) is 2.42. The van der Waals surface area contributed by atoms with E-state index < -0.39 is 0 Å². The summed E-state index contributed by atoms with van der Waals surface area (Å²) >= 11 is 0. The lowest BCUT2D eigenvalue weighted by Crippen LogP contribution is -2.47. The average molecular weight is 265 g/mol. The van der Waals surface area contributed by atoms with Crippen LogP contribution in [-0.2, 0) is 6.42 Å². The van der Waals surface area contributed by atoms with Crippen molar-refractivity contribution >= 4 is 6.03 Å². The molecule has 4 nitrogen and oxygen atoms in total. The number of likely N-dealkylation sites (tertiary alicyclic amines) is 1. The van der Waals surface area contributed by atoms with E-state index in [0.717, 1.165) is 31.4 Å². The number of hydrogen-bond donors (Lipinski definition) is 2. The number of nitrogens with zero attached hydrogens (tertiary/aromatic N) is 1. The summed E-state index contributed by atoms with van der Waals surface area (Å²) in [6.45, 7) is 2.25. The highest BCUT2D eigenvalue weighted by Crippen LogP contribution is 2.10. The van der Waals surface area contributed by atoms with Gasteiger partial charge in [0.1, 0.15) is 5.82 Å². The molecule has 2 amide bonds. The lowest BCUT2D eigenvalue weighted by molar-refractivity contribution is 0.185. The number of carbonyl (C=O) groups excluding carboxylic acids is 1. The van der Waals surface area contributed by atoms with Gasteiger partial charge in [-0.1, -0.05) is 12.1 Å². The van der Waals surface area contributed by atoms with Crippen LogP contribution in [0.2, 0.25) is 0 Å². The zero-order valence-corrected chi connectivity index (χ0v) is 10.9. The first-order valence-corrected chi connectivity index (χ1v) is 6.67. The molecule has 1 saturated heterocycles. The van der Waals surface area contributed by atoms with Gasteiger partial charge < -0.3 is 16.0 Å². The Hall–Kier alpha value is -1.62. The van der Waals surface area contributed by atoms with Gasteiger partial charge in [0.05, 0.1) is 0 Å². The molecule has 19 heavy (non-hydrogen) atoms. The van der Waals surface area contributed by atoms with Crippen molar-refractivity contribution < 1.29 is 9.18 Å². The Balaban J connectivity index is 1.68. The van der Waals surface area contributed by atoms with E-state index >= 15 is 0 Å². The molecule has 104 valence electrons. The Kier molecular flexibility index (Phi) is 4.74. The van der Waals surface area contributed by atoms with Gasteiger partial charge in [-0.05, 0) is 43.5 Å². The minimum absolute atomic E-state index is 0.188. The van der Waals surface area contributed by atoms with Crippen LogP contribution in [0.4, 0.5) is 9.18 Å². The summed E-state index contributed by atoms with van der Waals surface area (Å²) in [6, 6.07) is 6.77. The van der Waals surface area contributed by atoms with E-state index in [9.17, 15) is 9.18 Å². The summed E-state index contributed by atoms with van der Waals surface area (Å²) < 4.78 is 13.0. The molecule has 2 rings (SSSR count). The van der Waals surface area contributed by atoms with Crippen LogP contribution in [0.15, 0.2) is 24.3 Å². The van der Waals surface area contributed by atoms with Crippen molar-refractivity contribution in [3.05, 3.63) is 35.6 Å². The van der Waals surface area contributed by atoms with Crippen molar-refractivity contribution in [2.45, 2.75) is 25.3 Å². The van der Waals surface area contributed by atoms with Crippen molar-refractivity contribution in [3.8, 4) is 0 Å². The highest BCUT2D eigenvalue weighted by atomic mass is 19.1. The Morgan fingerprint density at radius 3 is 2.79 bits per heavy atom. The van der Waals surface area contributed by atoms with E-state index in [1.54, 1.807) is 17.0 Å². The fraction of sp³-hybridized carbons (Fsp3) is 0.500. The summed E-state index contributed by atoms with van der Waals surface area (Å²) in [5, 5.41) is 3.45. The molecule has 0 aromatic heterocycles. The largest absolute Gasteiger partial charge is 0.351 e. The predicted molar refractivity (Wildman–Crippen MR) is 72.3 cm³/mol. The molecule has 0 unspecified atom stereocenters. The number of hydrogen-bond acceptors (Lipinski definition) is 2. The third-order valence-electron chi connectivity index (χ3n) is 3.54. The minimum atomic E-state index is -0.335. The Labute approximate surface area is 112 Å². The smallest absolute Gasteiger partial charge is 0.314 e. The van der Waals surface area contributed by atoms with Crippen LogP contribution in [-0.4, -0.2) is 36.6 Å². The van der Waals surface area contributed by atoms with Crippen LogP contribution in [0.5, 0.6) is 0 Å². The molecule has 5 heteroatoms. The van der Waals surface area contributed by atoms with Crippen LogP contribution in [0.1, 0.15) is 18.4 Å². The minimum Gasteiger partial charge on any atom is -0.351 e. The zero-order chi connectivity index (χ0) is 13.7. The number of nitrogens with one attached hydrogen (secondary N) is 1. The van der Waals surface area contributed by atoms with Gasteiger partial charge in [0.25, 0.3) is 0 Å². The van der Waals surface area contributed by atoms with E-state index in [1.165, 1.54) is 6.07 Å². The quantitative estimate of drug-likeness (QED) is 0.866. The first-order valence-electron chi connectivity index (χ1n) is 6.67. The Morgan fingerprint density at radius 1 is 1.42 bits per heavy atom. The molecule has 1 fully saturated rings. The van der Waals surface area contributed by atoms with E-state index in [0.29, 0.717) is 19.1 Å². The maximum Gasteiger partial charge on any atom is 0.314 e. The molecule has 1 heterocycles. The lowest BCUT2D eigenvalue weighted by Gasteiger charge is -2.31. The van der Waals surface area contributed by atoms with Crippen molar-refractivity contribution in [3.63, 3.8) is 0 Å². The molecule has 3 N–H and O–H groups in total. The Morgan fingerprint density at radius 2 is 2.16 bits per heavy atom. The average Bonchev–Trinajstić information content (AvgIpc) is 2.39. The van der Waals surface area contributed by atoms with Gasteiger partial charge in [-0.15, -0.1) is 0 Å². The number of halogens is 1. The molecule has 0 saturated carbocycles. The Bertz CT molecular complexity index is 430. The maximum absolute atomic E-state index is 13.0. The lowest BCUT2D eigenvalue weighted by atomic mass is 10.0. The van der Waals surface area contributed by atoms with Crippen LogP contribution in [0, 0.1) is 5.82 Å². The molecule has 1 aromatic carbocycles. The van der Waals surface area contributed by atoms with Gasteiger partial charge in [-0.2, -0.15) is 0 Å². The maximum atomic E-state index is 13.0. The number of benzene rings is 1. The summed E-state index contributed by atoms with van der Waals surface area (Å²) in [5.74, 6) is -0.188. The number of carbonyl (C=O) groups is 1. The van der Waals surface area contributed by atoms with Crippen molar-refractivity contribution in [2.24, 2.45) is 5.73 Å². The molecule has 1 aliphatic heterocycles. The summed E-state index contributed by atoms with van der Waals surface area (Å²) in [7, 11) is 0. The molecule has 1 aromatic rings. The monoisotopic (exact) mass is 265 g/mol. The highest BCUT2D eigenvalue weighted by Gasteiger charge is 2.20. The molecule has 1 aliphatic rings. The summed E-state index contributed by atoms with van der Waals surface area (Å²) in [5.41, 5.74) is 6.24. The van der Waals surface area contributed by atoms with Crippen molar-refractivity contribution in [1.82, 2.24) is 10.2 Å². The van der Waals surface area contributed by atoms with Gasteiger partial charge in [0.2, 0.25) is 0 Å². The van der Waals surface area contributed by atoms with Crippen molar-refractivity contribution in [1.29, 1.82) is 0 Å². The number of rotatable bonds is 4. The van der Waals surface area contributed by atoms with Crippen LogP contribution >= 0.6 is 0 Å². The fourth-order valence-electron chi connectivity index (χ4n) is 2.42. The number of nitrogens with two attached hydrogens (primary N) is 1. The van der Waals surface area contributed by atoms with Gasteiger partial charge >= 0.3 is 6.03 Å². The van der Waals surface area contributed by atoms with E-state index in [2.05, 4.69) is 5.32 Å². The molecule has 0 bridgehead atoms. The van der Waals surface area contributed by atoms with E-state index in [1.807, 2.05) is 6.07 Å².